The summed E-state index contributed by atoms with van der Waals surface area (Å²) in [5, 5.41) is 18.2. The molecule has 0 aromatic carbocycles. The SMILES string of the molecule is CC(C)(C)OC(=O)C[C@@H](C(=O)O)N1CC(CO)CC1=O. The summed E-state index contributed by atoms with van der Waals surface area (Å²) in [6.45, 7) is 5.02. The number of carboxylic acid groups (broad SMARTS) is 1. The van der Waals surface area contributed by atoms with Crippen LogP contribution in [0.15, 0.2) is 0 Å². The van der Waals surface area contributed by atoms with Gasteiger partial charge in [-0.25, -0.2) is 4.79 Å². The summed E-state index contributed by atoms with van der Waals surface area (Å²) in [4.78, 5) is 35.9. The molecule has 0 saturated carbocycles. The highest BCUT2D eigenvalue weighted by Crippen LogP contribution is 2.22. The van der Waals surface area contributed by atoms with Gasteiger partial charge in [0, 0.05) is 25.5 Å². The molecular formula is C13H21NO6. The smallest absolute Gasteiger partial charge is 0.327 e. The molecule has 1 aliphatic heterocycles. The van der Waals surface area contributed by atoms with Gasteiger partial charge in [-0.1, -0.05) is 0 Å². The van der Waals surface area contributed by atoms with Crippen molar-refractivity contribution in [1.82, 2.24) is 4.90 Å². The van der Waals surface area contributed by atoms with Crippen LogP contribution in [0.3, 0.4) is 0 Å². The molecule has 0 radical (unpaired) electrons. The number of aliphatic hydroxyl groups excluding tert-OH is 1. The topological polar surface area (TPSA) is 104 Å². The van der Waals surface area contributed by atoms with E-state index in [1.165, 1.54) is 0 Å². The average molecular weight is 287 g/mol. The number of aliphatic carboxylic acids is 1. The van der Waals surface area contributed by atoms with Crippen LogP contribution in [0.5, 0.6) is 0 Å². The van der Waals surface area contributed by atoms with E-state index in [0.29, 0.717) is 0 Å². The van der Waals surface area contributed by atoms with Crippen molar-refractivity contribution in [2.75, 3.05) is 13.2 Å². The normalized spacial score (nSPS) is 20.9. The summed E-state index contributed by atoms with van der Waals surface area (Å²) in [6, 6.07) is -1.24. The Morgan fingerprint density at radius 1 is 1.45 bits per heavy atom. The molecular weight excluding hydrogens is 266 g/mol. The van der Waals surface area contributed by atoms with Crippen molar-refractivity contribution in [3.8, 4) is 0 Å². The number of carbonyl (C=O) groups is 3. The Balaban J connectivity index is 2.73. The summed E-state index contributed by atoms with van der Waals surface area (Å²) < 4.78 is 5.08. The number of rotatable bonds is 5. The minimum absolute atomic E-state index is 0.106. The minimum atomic E-state index is -1.25. The second-order valence-corrected chi connectivity index (χ2v) is 5.94. The molecule has 114 valence electrons. The summed E-state index contributed by atoms with van der Waals surface area (Å²) in [7, 11) is 0. The van der Waals surface area contributed by atoms with E-state index < -0.39 is 30.0 Å². The lowest BCUT2D eigenvalue weighted by atomic mass is 10.1. The largest absolute Gasteiger partial charge is 0.480 e. The first-order chi connectivity index (χ1) is 9.14. The quantitative estimate of drug-likeness (QED) is 0.690. The van der Waals surface area contributed by atoms with Crippen molar-refractivity contribution in [2.45, 2.75) is 45.3 Å². The molecule has 7 nitrogen and oxygen atoms in total. The van der Waals surface area contributed by atoms with Gasteiger partial charge in [0.2, 0.25) is 5.91 Å². The molecule has 1 aliphatic rings. The fourth-order valence-corrected chi connectivity index (χ4v) is 2.10. The highest BCUT2D eigenvalue weighted by atomic mass is 16.6. The fraction of sp³-hybridized carbons (Fsp3) is 0.769. The zero-order chi connectivity index (χ0) is 15.5. The van der Waals surface area contributed by atoms with Crippen molar-refractivity contribution in [1.29, 1.82) is 0 Å². The van der Waals surface area contributed by atoms with Crippen LogP contribution in [-0.4, -0.2) is 57.8 Å². The number of carboxylic acids is 1. The number of esters is 1. The zero-order valence-electron chi connectivity index (χ0n) is 12.0. The third-order valence-corrected chi connectivity index (χ3v) is 2.94. The Kier molecular flexibility index (Phi) is 5.10. The van der Waals surface area contributed by atoms with Gasteiger partial charge >= 0.3 is 11.9 Å². The van der Waals surface area contributed by atoms with Gasteiger partial charge in [0.05, 0.1) is 6.42 Å². The van der Waals surface area contributed by atoms with Crippen molar-refractivity contribution in [2.24, 2.45) is 5.92 Å². The van der Waals surface area contributed by atoms with Crippen molar-refractivity contribution >= 4 is 17.8 Å². The maximum atomic E-state index is 11.8. The Labute approximate surface area is 117 Å². The molecule has 0 aliphatic carbocycles. The van der Waals surface area contributed by atoms with Gasteiger partial charge in [0.15, 0.2) is 0 Å². The van der Waals surface area contributed by atoms with Gasteiger partial charge in [-0.15, -0.1) is 0 Å². The van der Waals surface area contributed by atoms with E-state index in [9.17, 15) is 19.5 Å². The molecule has 1 heterocycles. The van der Waals surface area contributed by atoms with E-state index in [-0.39, 0.29) is 31.4 Å². The van der Waals surface area contributed by atoms with Crippen LogP contribution in [-0.2, 0) is 19.1 Å². The molecule has 0 aromatic heterocycles. The molecule has 1 saturated heterocycles. The van der Waals surface area contributed by atoms with Crippen molar-refractivity contribution in [3.63, 3.8) is 0 Å². The molecule has 1 amide bonds. The molecule has 0 spiro atoms. The molecule has 1 unspecified atom stereocenters. The number of nitrogens with zero attached hydrogens (tertiary/aromatic N) is 1. The minimum Gasteiger partial charge on any atom is -0.480 e. The second kappa shape index (κ2) is 6.21. The highest BCUT2D eigenvalue weighted by molar-refractivity contribution is 5.88. The van der Waals surface area contributed by atoms with Gasteiger partial charge in [0.25, 0.3) is 0 Å². The van der Waals surface area contributed by atoms with Gasteiger partial charge in [-0.05, 0) is 20.8 Å². The van der Waals surface area contributed by atoms with Crippen LogP contribution in [0.1, 0.15) is 33.6 Å². The average Bonchev–Trinajstić information content (AvgIpc) is 2.64. The first kappa shape index (κ1) is 16.4. The van der Waals surface area contributed by atoms with E-state index in [1.54, 1.807) is 20.8 Å². The first-order valence-electron chi connectivity index (χ1n) is 6.49. The van der Waals surface area contributed by atoms with Crippen molar-refractivity contribution < 1.29 is 29.3 Å². The summed E-state index contributed by atoms with van der Waals surface area (Å²) in [6.07, 6.45) is -0.287. The van der Waals surface area contributed by atoms with E-state index in [4.69, 9.17) is 9.84 Å². The fourth-order valence-electron chi connectivity index (χ4n) is 2.10. The number of hydrogen-bond donors (Lipinski definition) is 2. The monoisotopic (exact) mass is 287 g/mol. The van der Waals surface area contributed by atoms with E-state index in [1.807, 2.05) is 0 Å². The standard InChI is InChI=1S/C13H21NO6/c1-13(2,3)20-11(17)5-9(12(18)19)14-6-8(7-15)4-10(14)16/h8-9,15H,4-7H2,1-3H3,(H,18,19)/t8?,9-/m0/s1. The molecule has 1 fully saturated rings. The number of carbonyl (C=O) groups excluding carboxylic acids is 2. The molecule has 2 N–H and O–H groups in total. The van der Waals surface area contributed by atoms with Crippen LogP contribution in [0.2, 0.25) is 0 Å². The maximum Gasteiger partial charge on any atom is 0.327 e. The Morgan fingerprint density at radius 3 is 2.45 bits per heavy atom. The molecule has 7 heteroatoms. The molecule has 1 rings (SSSR count). The first-order valence-corrected chi connectivity index (χ1v) is 6.49. The predicted octanol–water partition coefficient (Wildman–Crippen LogP) is 0.0122. The third-order valence-electron chi connectivity index (χ3n) is 2.94. The predicted molar refractivity (Wildman–Crippen MR) is 68.8 cm³/mol. The number of aliphatic hydroxyl groups is 1. The summed E-state index contributed by atoms with van der Waals surface area (Å²) >= 11 is 0. The maximum absolute atomic E-state index is 11.8. The second-order valence-electron chi connectivity index (χ2n) is 5.94. The Bertz CT molecular complexity index is 400. The lowest BCUT2D eigenvalue weighted by Crippen LogP contribution is -2.44. The molecule has 0 aromatic rings. The van der Waals surface area contributed by atoms with Gasteiger partial charge < -0.3 is 19.8 Å². The molecule has 0 bridgehead atoms. The highest BCUT2D eigenvalue weighted by Gasteiger charge is 2.39. The number of hydrogen-bond acceptors (Lipinski definition) is 5. The third kappa shape index (κ3) is 4.48. The van der Waals surface area contributed by atoms with Crippen LogP contribution in [0.25, 0.3) is 0 Å². The summed E-state index contributed by atoms with van der Waals surface area (Å²) in [5.41, 5.74) is -0.706. The van der Waals surface area contributed by atoms with Gasteiger partial charge in [-0.2, -0.15) is 0 Å². The van der Waals surface area contributed by atoms with Crippen LogP contribution in [0, 0.1) is 5.92 Å². The van der Waals surface area contributed by atoms with Crippen LogP contribution in [0.4, 0.5) is 0 Å². The van der Waals surface area contributed by atoms with Gasteiger partial charge in [-0.3, -0.25) is 9.59 Å². The van der Waals surface area contributed by atoms with E-state index in [2.05, 4.69) is 0 Å². The Morgan fingerprint density at radius 2 is 2.05 bits per heavy atom. The van der Waals surface area contributed by atoms with E-state index in [0.717, 1.165) is 4.90 Å². The lowest BCUT2D eigenvalue weighted by molar-refractivity contribution is -0.161. The lowest BCUT2D eigenvalue weighted by Gasteiger charge is -2.26. The Hall–Kier alpha value is -1.63. The van der Waals surface area contributed by atoms with Crippen LogP contribution < -0.4 is 0 Å². The summed E-state index contributed by atoms with van der Waals surface area (Å²) in [5.74, 6) is -2.55. The van der Waals surface area contributed by atoms with E-state index >= 15 is 0 Å². The molecule has 20 heavy (non-hydrogen) atoms. The number of ether oxygens (including phenoxy) is 1. The zero-order valence-corrected chi connectivity index (χ0v) is 12.0. The number of amides is 1. The van der Waals surface area contributed by atoms with Gasteiger partial charge in [0.1, 0.15) is 11.6 Å². The molecule has 2 atom stereocenters. The van der Waals surface area contributed by atoms with Crippen LogP contribution >= 0.6 is 0 Å². The van der Waals surface area contributed by atoms with Crippen molar-refractivity contribution in [3.05, 3.63) is 0 Å². The number of likely N-dealkylation sites (tertiary alicyclic amines) is 1.